The van der Waals surface area contributed by atoms with Gasteiger partial charge in [0.2, 0.25) is 23.6 Å². The molecule has 4 rings (SSSR count). The van der Waals surface area contributed by atoms with Gasteiger partial charge in [-0.05, 0) is 75.3 Å². The maximum Gasteiger partial charge on any atom is 0.491 e. The Kier molecular flexibility index (Phi) is 18.1. The number of carbonyl (C=O) groups is 4. The molecule has 57 heavy (non-hydrogen) atoms. The zero-order chi connectivity index (χ0) is 40.9. The number of nitrogens with two attached hydrogens (primary N) is 4. The highest BCUT2D eigenvalue weighted by Crippen LogP contribution is 2.40. The van der Waals surface area contributed by atoms with E-state index in [4.69, 9.17) is 32.2 Å². The number of nitrogens with zero attached hydrogens (tertiary/aromatic N) is 2. The van der Waals surface area contributed by atoms with Gasteiger partial charge in [-0.3, -0.25) is 29.2 Å². The first-order valence-electron chi connectivity index (χ1n) is 20.0. The van der Waals surface area contributed by atoms with E-state index in [2.05, 4.69) is 31.3 Å². The number of carbonyl (C=O) groups excluding carboxylic acids is 4. The number of hydrogen-bond donors (Lipinski definition) is 8. The summed E-state index contributed by atoms with van der Waals surface area (Å²) in [6.07, 6.45) is 5.43. The Morgan fingerprint density at radius 3 is 1.32 bits per heavy atom. The van der Waals surface area contributed by atoms with E-state index < -0.39 is 35.1 Å². The van der Waals surface area contributed by atoms with Crippen LogP contribution in [-0.4, -0.2) is 81.9 Å². The van der Waals surface area contributed by atoms with Crippen LogP contribution in [0, 0.1) is 10.8 Å². The van der Waals surface area contributed by atoms with Crippen LogP contribution in [0.15, 0.2) is 70.6 Å². The summed E-state index contributed by atoms with van der Waals surface area (Å²) in [6, 6.07) is 19.6. The highest BCUT2D eigenvalue weighted by atomic mass is 16.6. The zero-order valence-electron chi connectivity index (χ0n) is 32.9. The van der Waals surface area contributed by atoms with E-state index in [-0.39, 0.29) is 49.7 Å². The molecule has 0 aliphatic heterocycles. The molecular formula is C40H60BN10O6. The fourth-order valence-corrected chi connectivity index (χ4v) is 7.39. The van der Waals surface area contributed by atoms with E-state index in [9.17, 15) is 19.2 Å². The van der Waals surface area contributed by atoms with E-state index in [1.165, 1.54) is 0 Å². The van der Waals surface area contributed by atoms with Gasteiger partial charge in [0.15, 0.2) is 11.9 Å². The molecule has 0 aromatic heterocycles. The minimum absolute atomic E-state index is 0.0623. The molecular weight excluding hydrogens is 727 g/mol. The largest absolute Gasteiger partial charge is 0.491 e. The average molecular weight is 788 g/mol. The lowest BCUT2D eigenvalue weighted by atomic mass is 9.83. The number of rotatable bonds is 24. The summed E-state index contributed by atoms with van der Waals surface area (Å²) in [5, 5.41) is 11.8. The van der Waals surface area contributed by atoms with Crippen LogP contribution in [-0.2, 0) is 41.3 Å². The second kappa shape index (κ2) is 23.2. The van der Waals surface area contributed by atoms with Gasteiger partial charge in [0.05, 0.1) is 0 Å². The van der Waals surface area contributed by atoms with Gasteiger partial charge in [0, 0.05) is 26.2 Å². The molecule has 1 radical (unpaired) electrons. The van der Waals surface area contributed by atoms with Crippen molar-refractivity contribution in [2.24, 2.45) is 43.7 Å². The van der Waals surface area contributed by atoms with E-state index in [0.717, 1.165) is 44.5 Å². The van der Waals surface area contributed by atoms with Crippen molar-refractivity contribution in [2.75, 3.05) is 26.2 Å². The van der Waals surface area contributed by atoms with Gasteiger partial charge in [0.1, 0.15) is 23.3 Å². The average Bonchev–Trinajstić information content (AvgIpc) is 3.91. The van der Waals surface area contributed by atoms with Gasteiger partial charge in [-0.1, -0.05) is 86.3 Å². The molecule has 2 unspecified atom stereocenters. The van der Waals surface area contributed by atoms with Crippen LogP contribution in [0.1, 0.15) is 88.2 Å². The van der Waals surface area contributed by atoms with Crippen LogP contribution < -0.4 is 44.2 Å². The number of benzene rings is 2. The Labute approximate surface area is 336 Å². The molecule has 4 amide bonds. The molecule has 2 fully saturated rings. The number of guanidine groups is 2. The lowest BCUT2D eigenvalue weighted by molar-refractivity contribution is -0.146. The summed E-state index contributed by atoms with van der Waals surface area (Å²) in [7, 11) is 1.07. The molecule has 0 spiro atoms. The number of aliphatic imine (C=N–C) groups is 2. The minimum Gasteiger partial charge on any atom is -0.393 e. The predicted molar refractivity (Wildman–Crippen MR) is 220 cm³/mol. The van der Waals surface area contributed by atoms with Crippen LogP contribution in [0.2, 0.25) is 0 Å². The molecule has 2 aromatic rings. The molecule has 2 aromatic carbocycles. The second-order valence-electron chi connectivity index (χ2n) is 14.8. The lowest BCUT2D eigenvalue weighted by Crippen LogP contribution is -2.54. The molecule has 0 saturated heterocycles. The molecule has 12 N–H and O–H groups in total. The first-order valence-corrected chi connectivity index (χ1v) is 20.0. The van der Waals surface area contributed by atoms with E-state index in [1.807, 2.05) is 60.7 Å². The van der Waals surface area contributed by atoms with Crippen molar-refractivity contribution in [3.8, 4) is 0 Å². The fourth-order valence-electron chi connectivity index (χ4n) is 7.39. The first-order chi connectivity index (χ1) is 27.5. The Morgan fingerprint density at radius 1 is 0.596 bits per heavy atom. The molecule has 0 bridgehead atoms. The van der Waals surface area contributed by atoms with Crippen molar-refractivity contribution >= 4 is 43.2 Å². The summed E-state index contributed by atoms with van der Waals surface area (Å²) >= 11 is 0. The van der Waals surface area contributed by atoms with Crippen LogP contribution >= 0.6 is 0 Å². The Hall–Kier alpha value is -5.16. The summed E-state index contributed by atoms with van der Waals surface area (Å²) in [6.45, 7) is 1.35. The number of nitrogens with one attached hydrogen (secondary N) is 4. The summed E-state index contributed by atoms with van der Waals surface area (Å²) < 4.78 is 11.9. The van der Waals surface area contributed by atoms with Gasteiger partial charge >= 0.3 is 7.69 Å². The van der Waals surface area contributed by atoms with Crippen molar-refractivity contribution < 1.29 is 28.5 Å². The first kappa shape index (κ1) is 44.6. The molecule has 17 heteroatoms. The molecule has 2 aliphatic rings. The SMILES string of the molecule is NC(N)=NCCCC(NC(=O)C1(C(=O)NCCc2ccccc2)CCCC1)O[B]OC(CCCN=C(N)N)NC(=O)C1(C(=O)NCCc2ccccc2)CCCC1. The van der Waals surface area contributed by atoms with Gasteiger partial charge in [-0.2, -0.15) is 0 Å². The number of hydrogen-bond acceptors (Lipinski definition) is 8. The van der Waals surface area contributed by atoms with Crippen molar-refractivity contribution in [2.45, 2.75) is 102 Å². The molecule has 16 nitrogen and oxygen atoms in total. The topological polar surface area (TPSA) is 264 Å². The van der Waals surface area contributed by atoms with Crippen LogP contribution in [0.4, 0.5) is 0 Å². The van der Waals surface area contributed by atoms with Gasteiger partial charge in [-0.15, -0.1) is 0 Å². The summed E-state index contributed by atoms with van der Waals surface area (Å²) in [5.74, 6) is -1.65. The van der Waals surface area contributed by atoms with E-state index in [0.29, 0.717) is 64.5 Å². The minimum atomic E-state index is -1.25. The third-order valence-electron chi connectivity index (χ3n) is 10.6. The van der Waals surface area contributed by atoms with E-state index in [1.54, 1.807) is 0 Å². The van der Waals surface area contributed by atoms with E-state index >= 15 is 0 Å². The number of amides is 4. The molecule has 2 aliphatic carbocycles. The second-order valence-corrected chi connectivity index (χ2v) is 14.8. The summed E-state index contributed by atoms with van der Waals surface area (Å²) in [5.41, 5.74) is 21.7. The maximum absolute atomic E-state index is 14.0. The molecule has 309 valence electrons. The predicted octanol–water partition coefficient (Wildman–Crippen LogP) is 1.38. The van der Waals surface area contributed by atoms with Crippen LogP contribution in [0.25, 0.3) is 0 Å². The van der Waals surface area contributed by atoms with Crippen LogP contribution in [0.3, 0.4) is 0 Å². The molecule has 2 atom stereocenters. The van der Waals surface area contributed by atoms with Crippen molar-refractivity contribution in [3.63, 3.8) is 0 Å². The van der Waals surface area contributed by atoms with Crippen molar-refractivity contribution in [3.05, 3.63) is 71.8 Å². The normalized spacial score (nSPS) is 16.4. The quantitative estimate of drug-likeness (QED) is 0.0189. The van der Waals surface area contributed by atoms with Gasteiger partial charge in [-0.25, -0.2) is 0 Å². The van der Waals surface area contributed by atoms with Gasteiger partial charge < -0.3 is 53.5 Å². The van der Waals surface area contributed by atoms with Crippen molar-refractivity contribution in [1.82, 2.24) is 21.3 Å². The lowest BCUT2D eigenvalue weighted by Gasteiger charge is -2.31. The van der Waals surface area contributed by atoms with Gasteiger partial charge in [0.25, 0.3) is 0 Å². The molecule has 0 heterocycles. The maximum atomic E-state index is 14.0. The highest BCUT2D eigenvalue weighted by Gasteiger charge is 2.49. The monoisotopic (exact) mass is 787 g/mol. The fraction of sp³-hybridized carbons (Fsp3) is 0.550. The Balaban J connectivity index is 1.40. The van der Waals surface area contributed by atoms with Crippen LogP contribution in [0.5, 0.6) is 0 Å². The molecule has 2 saturated carbocycles. The Morgan fingerprint density at radius 2 is 0.965 bits per heavy atom. The summed E-state index contributed by atoms with van der Waals surface area (Å²) in [4.78, 5) is 63.2. The smallest absolute Gasteiger partial charge is 0.393 e. The highest BCUT2D eigenvalue weighted by molar-refractivity contribution is 6.18. The Bertz CT molecular complexity index is 1510. The third-order valence-corrected chi connectivity index (χ3v) is 10.6. The van der Waals surface area contributed by atoms with Crippen molar-refractivity contribution in [1.29, 1.82) is 0 Å². The zero-order valence-corrected chi connectivity index (χ0v) is 32.9. The standard InChI is InChI=1S/C40H60BN10O6/c42-37(43)48-25-11-17-31(50-35(54)39(21-7-8-22-39)33(52)46-27-19-29-13-3-1-4-14-29)56-41-57-32(18-12-26-49-38(44)45)51-36(55)40(23-9-10-24-40)34(53)47-28-20-30-15-5-2-6-16-30/h1-6,13-16,31-32H,7-12,17-28H2,(H,46,52)(H,47,53)(H,50,54)(H,51,55)(H4,42,43,48)(H4,44,45,49). The third kappa shape index (κ3) is 14.1.